The standard InChI is InChI=1S/C18H21N3O4/c1-12(2)15-5-4-13(3)10-16(15)25-11-17(22)19-20-18(23)14-6-8-21(24)9-7-14/h4-10,12H,11H2,1-3H3,(H,19,22)(H,20,23). The number of carbonyl (C=O) groups is 2. The van der Waals surface area contributed by atoms with E-state index in [4.69, 9.17) is 4.74 Å². The summed E-state index contributed by atoms with van der Waals surface area (Å²) in [7, 11) is 0. The summed E-state index contributed by atoms with van der Waals surface area (Å²) in [5, 5.41) is 10.9. The van der Waals surface area contributed by atoms with Gasteiger partial charge in [0, 0.05) is 12.1 Å². The zero-order valence-electron chi connectivity index (χ0n) is 14.4. The molecule has 1 aromatic carbocycles. The molecule has 0 spiro atoms. The van der Waals surface area contributed by atoms with Crippen molar-refractivity contribution in [2.24, 2.45) is 0 Å². The lowest BCUT2D eigenvalue weighted by Gasteiger charge is -2.15. The van der Waals surface area contributed by atoms with Crippen molar-refractivity contribution in [2.45, 2.75) is 26.7 Å². The number of aryl methyl sites for hydroxylation is 1. The minimum absolute atomic E-state index is 0.223. The van der Waals surface area contributed by atoms with Crippen LogP contribution in [-0.2, 0) is 4.79 Å². The van der Waals surface area contributed by atoms with Gasteiger partial charge in [-0.15, -0.1) is 0 Å². The van der Waals surface area contributed by atoms with E-state index in [2.05, 4.69) is 10.9 Å². The molecule has 2 rings (SSSR count). The number of rotatable bonds is 5. The van der Waals surface area contributed by atoms with E-state index in [-0.39, 0.29) is 18.1 Å². The lowest BCUT2D eigenvalue weighted by atomic mass is 10.0. The van der Waals surface area contributed by atoms with Crippen LogP contribution in [-0.4, -0.2) is 18.4 Å². The normalized spacial score (nSPS) is 10.4. The predicted octanol–water partition coefficient (Wildman–Crippen LogP) is 1.59. The highest BCUT2D eigenvalue weighted by Crippen LogP contribution is 2.27. The van der Waals surface area contributed by atoms with Gasteiger partial charge in [-0.1, -0.05) is 26.0 Å². The molecule has 7 nitrogen and oxygen atoms in total. The van der Waals surface area contributed by atoms with Crippen LogP contribution in [0, 0.1) is 12.1 Å². The molecule has 0 atom stereocenters. The van der Waals surface area contributed by atoms with Gasteiger partial charge < -0.3 is 9.94 Å². The number of nitrogens with zero attached hydrogens (tertiary/aromatic N) is 1. The number of hydrazine groups is 1. The summed E-state index contributed by atoms with van der Waals surface area (Å²) in [6.07, 6.45) is 2.40. The molecule has 132 valence electrons. The first kappa shape index (κ1) is 18.3. The third kappa shape index (κ3) is 5.20. The fourth-order valence-electron chi connectivity index (χ4n) is 2.19. The van der Waals surface area contributed by atoms with Crippen LogP contribution in [0.5, 0.6) is 5.75 Å². The monoisotopic (exact) mass is 343 g/mol. The van der Waals surface area contributed by atoms with Crippen LogP contribution in [0.4, 0.5) is 0 Å². The number of aromatic nitrogens is 1. The van der Waals surface area contributed by atoms with E-state index in [1.165, 1.54) is 24.5 Å². The highest BCUT2D eigenvalue weighted by molar-refractivity contribution is 5.95. The van der Waals surface area contributed by atoms with Crippen molar-refractivity contribution in [3.05, 3.63) is 64.6 Å². The van der Waals surface area contributed by atoms with Crippen molar-refractivity contribution < 1.29 is 19.1 Å². The number of benzene rings is 1. The molecule has 2 N–H and O–H groups in total. The van der Waals surface area contributed by atoms with Gasteiger partial charge in [0.25, 0.3) is 11.8 Å². The molecule has 0 aliphatic heterocycles. The number of hydrogen-bond donors (Lipinski definition) is 2. The third-order valence-electron chi connectivity index (χ3n) is 3.53. The van der Waals surface area contributed by atoms with Crippen molar-refractivity contribution in [3.8, 4) is 5.75 Å². The summed E-state index contributed by atoms with van der Waals surface area (Å²) >= 11 is 0. The molecule has 1 aromatic heterocycles. The van der Waals surface area contributed by atoms with E-state index >= 15 is 0 Å². The zero-order valence-corrected chi connectivity index (χ0v) is 14.4. The van der Waals surface area contributed by atoms with Gasteiger partial charge in [0.2, 0.25) is 0 Å². The predicted molar refractivity (Wildman–Crippen MR) is 91.8 cm³/mol. The van der Waals surface area contributed by atoms with Gasteiger partial charge in [0.05, 0.1) is 5.56 Å². The fraction of sp³-hybridized carbons (Fsp3) is 0.278. The van der Waals surface area contributed by atoms with E-state index in [0.29, 0.717) is 10.5 Å². The Hall–Kier alpha value is -3.09. The molecule has 1 heterocycles. The molecule has 0 aliphatic rings. The zero-order chi connectivity index (χ0) is 18.4. The largest absolute Gasteiger partial charge is 0.619 e. The first-order valence-electron chi connectivity index (χ1n) is 7.88. The Morgan fingerprint density at radius 3 is 2.48 bits per heavy atom. The maximum atomic E-state index is 11.9. The Labute approximate surface area is 146 Å². The first-order valence-corrected chi connectivity index (χ1v) is 7.88. The second kappa shape index (κ2) is 8.14. The van der Waals surface area contributed by atoms with Crippen molar-refractivity contribution in [2.75, 3.05) is 6.61 Å². The minimum Gasteiger partial charge on any atom is -0.619 e. The van der Waals surface area contributed by atoms with Gasteiger partial charge >= 0.3 is 0 Å². The summed E-state index contributed by atoms with van der Waals surface area (Å²) in [5.41, 5.74) is 6.86. The fourth-order valence-corrected chi connectivity index (χ4v) is 2.19. The van der Waals surface area contributed by atoms with Crippen LogP contribution in [0.2, 0.25) is 0 Å². The molecule has 0 radical (unpaired) electrons. The maximum absolute atomic E-state index is 11.9. The lowest BCUT2D eigenvalue weighted by Crippen LogP contribution is -2.44. The number of hydrogen-bond acceptors (Lipinski definition) is 4. The molecule has 0 saturated carbocycles. The summed E-state index contributed by atoms with van der Waals surface area (Å²) in [4.78, 5) is 23.7. The van der Waals surface area contributed by atoms with Crippen LogP contribution < -0.4 is 20.3 Å². The smallest absolute Gasteiger partial charge is 0.276 e. The Kier molecular flexibility index (Phi) is 5.94. The van der Waals surface area contributed by atoms with Gasteiger partial charge in [-0.3, -0.25) is 20.4 Å². The number of ether oxygens (including phenoxy) is 1. The number of amides is 2. The Bertz CT molecular complexity index is 757. The van der Waals surface area contributed by atoms with E-state index in [1.54, 1.807) is 0 Å². The first-order chi connectivity index (χ1) is 11.9. The van der Waals surface area contributed by atoms with Crippen LogP contribution in [0.3, 0.4) is 0 Å². The number of pyridine rings is 1. The SMILES string of the molecule is Cc1ccc(C(C)C)c(OCC(=O)NNC(=O)c2cc[n+]([O-])cc2)c1. The van der Waals surface area contributed by atoms with Crippen LogP contribution in [0.15, 0.2) is 42.7 Å². The summed E-state index contributed by atoms with van der Waals surface area (Å²) in [6, 6.07) is 8.56. The topological polar surface area (TPSA) is 94.4 Å². The molecule has 0 bridgehead atoms. The quantitative estimate of drug-likeness (QED) is 0.490. The van der Waals surface area contributed by atoms with Crippen molar-refractivity contribution in [1.29, 1.82) is 0 Å². The summed E-state index contributed by atoms with van der Waals surface area (Å²) in [5.74, 6) is -0.0912. The van der Waals surface area contributed by atoms with Gasteiger partial charge in [0.1, 0.15) is 5.75 Å². The maximum Gasteiger partial charge on any atom is 0.276 e. The Balaban J connectivity index is 1.88. The van der Waals surface area contributed by atoms with E-state index in [1.807, 2.05) is 39.0 Å². The molecule has 0 unspecified atom stereocenters. The molecule has 0 fully saturated rings. The molecule has 2 aromatic rings. The van der Waals surface area contributed by atoms with Crippen LogP contribution in [0.25, 0.3) is 0 Å². The molecule has 2 amide bonds. The van der Waals surface area contributed by atoms with Crippen molar-refractivity contribution in [3.63, 3.8) is 0 Å². The van der Waals surface area contributed by atoms with Gasteiger partial charge in [0.15, 0.2) is 19.0 Å². The molecule has 0 saturated heterocycles. The lowest BCUT2D eigenvalue weighted by molar-refractivity contribution is -0.605. The highest BCUT2D eigenvalue weighted by atomic mass is 16.5. The molecular weight excluding hydrogens is 322 g/mol. The average Bonchev–Trinajstić information content (AvgIpc) is 2.58. The Morgan fingerprint density at radius 1 is 1.16 bits per heavy atom. The van der Waals surface area contributed by atoms with E-state index in [0.717, 1.165) is 11.1 Å². The summed E-state index contributed by atoms with van der Waals surface area (Å²) < 4.78 is 6.15. The second-order valence-corrected chi connectivity index (χ2v) is 5.93. The second-order valence-electron chi connectivity index (χ2n) is 5.93. The molecule has 0 aliphatic carbocycles. The number of nitrogens with one attached hydrogen (secondary N) is 2. The molecule has 25 heavy (non-hydrogen) atoms. The third-order valence-corrected chi connectivity index (χ3v) is 3.53. The average molecular weight is 343 g/mol. The van der Waals surface area contributed by atoms with Gasteiger partial charge in [-0.2, -0.15) is 4.73 Å². The van der Waals surface area contributed by atoms with Crippen LogP contribution >= 0.6 is 0 Å². The van der Waals surface area contributed by atoms with Crippen molar-refractivity contribution in [1.82, 2.24) is 10.9 Å². The van der Waals surface area contributed by atoms with Crippen LogP contribution in [0.1, 0.15) is 41.3 Å². The number of carbonyl (C=O) groups excluding carboxylic acids is 2. The molecular formula is C18H21N3O4. The van der Waals surface area contributed by atoms with E-state index in [9.17, 15) is 14.8 Å². The Morgan fingerprint density at radius 2 is 1.84 bits per heavy atom. The van der Waals surface area contributed by atoms with Crippen molar-refractivity contribution >= 4 is 11.8 Å². The highest BCUT2D eigenvalue weighted by Gasteiger charge is 2.12. The minimum atomic E-state index is -0.521. The van der Waals surface area contributed by atoms with Gasteiger partial charge in [-0.25, -0.2) is 0 Å². The molecule has 7 heteroatoms. The van der Waals surface area contributed by atoms with E-state index < -0.39 is 11.8 Å². The summed E-state index contributed by atoms with van der Waals surface area (Å²) in [6.45, 7) is 5.81. The van der Waals surface area contributed by atoms with Gasteiger partial charge in [-0.05, 0) is 30.0 Å².